The molecule has 3 heterocycles. The minimum atomic E-state index is -0.742. The van der Waals surface area contributed by atoms with E-state index in [1.54, 1.807) is 12.1 Å². The summed E-state index contributed by atoms with van der Waals surface area (Å²) in [5.41, 5.74) is 0.643. The van der Waals surface area contributed by atoms with Crippen molar-refractivity contribution in [3.8, 4) is 5.69 Å². The summed E-state index contributed by atoms with van der Waals surface area (Å²) >= 11 is 11.6. The van der Waals surface area contributed by atoms with Crippen molar-refractivity contribution in [3.05, 3.63) is 34.1 Å². The Morgan fingerprint density at radius 1 is 1.32 bits per heavy atom. The van der Waals surface area contributed by atoms with E-state index in [0.29, 0.717) is 22.1 Å². The molecule has 1 aromatic heterocycles. The Morgan fingerprint density at radius 2 is 2.14 bits per heavy atom. The number of para-hydroxylation sites is 1. The van der Waals surface area contributed by atoms with Gasteiger partial charge in [-0.15, -0.1) is 0 Å². The SMILES string of the molecule is O=C1C[C@@H](n2nnn(-c3ccccc3Cl)c2=S)[C@@H]2CO[C@@H]1O2. The Kier molecular flexibility index (Phi) is 3.33. The topological polar surface area (TPSA) is 71.2 Å². The summed E-state index contributed by atoms with van der Waals surface area (Å²) < 4.78 is 14.2. The lowest BCUT2D eigenvalue weighted by atomic mass is 10.0. The number of hydrogen-bond acceptors (Lipinski definition) is 6. The van der Waals surface area contributed by atoms with Crippen LogP contribution in [0.3, 0.4) is 0 Å². The fourth-order valence-electron chi connectivity index (χ4n) is 2.71. The van der Waals surface area contributed by atoms with E-state index in [0.717, 1.165) is 0 Å². The zero-order chi connectivity index (χ0) is 15.3. The first-order chi connectivity index (χ1) is 10.6. The molecule has 7 nitrogen and oxygen atoms in total. The molecule has 0 aliphatic carbocycles. The molecular formula is C13H11ClN4O3S. The number of fused-ring (bicyclic) bond motifs is 2. The summed E-state index contributed by atoms with van der Waals surface area (Å²) in [4.78, 5) is 11.9. The average Bonchev–Trinajstić information content (AvgIpc) is 3.10. The Balaban J connectivity index is 1.75. The fraction of sp³-hybridized carbons (Fsp3) is 0.385. The minimum absolute atomic E-state index is 0.104. The van der Waals surface area contributed by atoms with E-state index in [4.69, 9.17) is 33.3 Å². The number of hydrogen-bond donors (Lipinski definition) is 0. The maximum absolute atomic E-state index is 11.9. The van der Waals surface area contributed by atoms with Crippen LogP contribution in [0.2, 0.25) is 5.02 Å². The molecule has 1 aromatic carbocycles. The number of ketones is 1. The molecule has 0 radical (unpaired) electrons. The van der Waals surface area contributed by atoms with Gasteiger partial charge in [0, 0.05) is 6.42 Å². The standard InChI is InChI=1S/C13H11ClN4O3S/c14-7-3-1-2-4-8(7)17-13(22)18(16-15-17)9-5-10(19)12-20-6-11(9)21-12/h1-4,9,11-12H,5-6H2/t9-,11+,12-/m1/s1. The van der Waals surface area contributed by atoms with E-state index >= 15 is 0 Å². The van der Waals surface area contributed by atoms with Crippen molar-refractivity contribution < 1.29 is 14.3 Å². The highest BCUT2D eigenvalue weighted by Gasteiger charge is 2.45. The van der Waals surface area contributed by atoms with Crippen molar-refractivity contribution >= 4 is 29.6 Å². The summed E-state index contributed by atoms with van der Waals surface area (Å²) in [5, 5.41) is 8.67. The van der Waals surface area contributed by atoms with Crippen molar-refractivity contribution in [3.63, 3.8) is 0 Å². The number of tetrazole rings is 1. The van der Waals surface area contributed by atoms with Gasteiger partial charge in [-0.2, -0.15) is 4.68 Å². The van der Waals surface area contributed by atoms with E-state index in [1.807, 2.05) is 12.1 Å². The fourth-order valence-corrected chi connectivity index (χ4v) is 3.23. The number of ether oxygens (including phenoxy) is 2. The first kappa shape index (κ1) is 14.0. The Bertz CT molecular complexity index is 805. The monoisotopic (exact) mass is 338 g/mol. The van der Waals surface area contributed by atoms with Crippen LogP contribution in [0.1, 0.15) is 12.5 Å². The van der Waals surface area contributed by atoms with Gasteiger partial charge >= 0.3 is 0 Å². The molecule has 0 spiro atoms. The molecule has 4 rings (SSSR count). The van der Waals surface area contributed by atoms with Crippen molar-refractivity contribution in [2.75, 3.05) is 6.61 Å². The highest BCUT2D eigenvalue weighted by Crippen LogP contribution is 2.32. The maximum Gasteiger partial charge on any atom is 0.221 e. The molecule has 2 aliphatic rings. The van der Waals surface area contributed by atoms with Crippen molar-refractivity contribution in [2.24, 2.45) is 0 Å². The second-order valence-electron chi connectivity index (χ2n) is 5.15. The summed E-state index contributed by atoms with van der Waals surface area (Å²) in [6.45, 7) is 0.349. The number of rotatable bonds is 2. The molecule has 0 N–H and O–H groups in total. The van der Waals surface area contributed by atoms with Gasteiger partial charge in [-0.3, -0.25) is 4.79 Å². The normalized spacial score (nSPS) is 27.3. The van der Waals surface area contributed by atoms with Gasteiger partial charge < -0.3 is 9.47 Å². The number of halogens is 1. The Morgan fingerprint density at radius 3 is 2.95 bits per heavy atom. The van der Waals surface area contributed by atoms with Crippen molar-refractivity contribution in [1.82, 2.24) is 19.8 Å². The number of carbonyl (C=O) groups excluding carboxylic acids is 1. The zero-order valence-corrected chi connectivity index (χ0v) is 12.8. The van der Waals surface area contributed by atoms with E-state index < -0.39 is 6.29 Å². The van der Waals surface area contributed by atoms with Gasteiger partial charge in [0.05, 0.1) is 23.4 Å². The van der Waals surface area contributed by atoms with Gasteiger partial charge in [0.15, 0.2) is 5.78 Å². The van der Waals surface area contributed by atoms with Gasteiger partial charge in [0.2, 0.25) is 11.1 Å². The van der Waals surface area contributed by atoms with Crippen LogP contribution in [0.4, 0.5) is 0 Å². The Hall–Kier alpha value is -1.61. The molecule has 22 heavy (non-hydrogen) atoms. The van der Waals surface area contributed by atoms with Gasteiger partial charge in [0.1, 0.15) is 6.10 Å². The van der Waals surface area contributed by atoms with Crippen LogP contribution in [0, 0.1) is 4.77 Å². The van der Waals surface area contributed by atoms with E-state index in [1.165, 1.54) is 9.36 Å². The molecule has 2 fully saturated rings. The Labute approximate surface area is 135 Å². The van der Waals surface area contributed by atoms with Gasteiger partial charge in [-0.05, 0) is 34.8 Å². The third kappa shape index (κ3) is 2.11. The first-order valence-electron chi connectivity index (χ1n) is 6.74. The quantitative estimate of drug-likeness (QED) is 0.776. The van der Waals surface area contributed by atoms with E-state index in [-0.39, 0.29) is 24.3 Å². The van der Waals surface area contributed by atoms with Gasteiger partial charge in [0.25, 0.3) is 0 Å². The summed E-state index contributed by atoms with van der Waals surface area (Å²) in [6.07, 6.45) is -0.718. The van der Waals surface area contributed by atoms with Gasteiger partial charge in [-0.25, -0.2) is 4.68 Å². The van der Waals surface area contributed by atoms with Crippen molar-refractivity contribution in [2.45, 2.75) is 24.9 Å². The van der Waals surface area contributed by atoms with Crippen LogP contribution in [0.15, 0.2) is 24.3 Å². The summed E-state index contributed by atoms with van der Waals surface area (Å²) in [6, 6.07) is 6.90. The number of aromatic nitrogens is 4. The summed E-state index contributed by atoms with van der Waals surface area (Å²) in [5.74, 6) is -0.104. The smallest absolute Gasteiger partial charge is 0.221 e. The lowest BCUT2D eigenvalue weighted by molar-refractivity contribution is -0.156. The third-order valence-corrected chi connectivity index (χ3v) is 4.49. The molecule has 2 saturated heterocycles. The number of nitrogens with zero attached hydrogens (tertiary/aromatic N) is 4. The second kappa shape index (κ2) is 5.24. The zero-order valence-electron chi connectivity index (χ0n) is 11.3. The molecule has 0 amide bonds. The molecule has 0 saturated carbocycles. The molecule has 9 heteroatoms. The number of benzene rings is 1. The predicted molar refractivity (Wildman–Crippen MR) is 78.5 cm³/mol. The molecule has 114 valence electrons. The maximum atomic E-state index is 11.9. The highest BCUT2D eigenvalue weighted by molar-refractivity contribution is 7.71. The minimum Gasteiger partial charge on any atom is -0.343 e. The van der Waals surface area contributed by atoms with Crippen LogP contribution in [0.5, 0.6) is 0 Å². The lowest BCUT2D eigenvalue weighted by Crippen LogP contribution is -2.37. The predicted octanol–water partition coefficient (Wildman–Crippen LogP) is 1.71. The number of carbonyl (C=O) groups is 1. The largest absolute Gasteiger partial charge is 0.343 e. The summed E-state index contributed by atoms with van der Waals surface area (Å²) in [7, 11) is 0. The third-order valence-electron chi connectivity index (χ3n) is 3.81. The molecule has 2 aliphatic heterocycles. The molecule has 3 atom stereocenters. The van der Waals surface area contributed by atoms with E-state index in [2.05, 4.69) is 10.4 Å². The average molecular weight is 339 g/mol. The van der Waals surface area contributed by atoms with Crippen LogP contribution in [-0.2, 0) is 14.3 Å². The van der Waals surface area contributed by atoms with Crippen molar-refractivity contribution in [1.29, 1.82) is 0 Å². The van der Waals surface area contributed by atoms with Crippen LogP contribution < -0.4 is 0 Å². The number of Topliss-reactive ketones (excluding diaryl/α,β-unsaturated/α-hetero) is 1. The molecule has 0 unspecified atom stereocenters. The highest BCUT2D eigenvalue weighted by atomic mass is 35.5. The van der Waals surface area contributed by atoms with Crippen LogP contribution >= 0.6 is 23.8 Å². The van der Waals surface area contributed by atoms with Crippen LogP contribution in [-0.4, -0.2) is 44.6 Å². The van der Waals surface area contributed by atoms with Gasteiger partial charge in [-0.1, -0.05) is 23.7 Å². The first-order valence-corrected chi connectivity index (χ1v) is 7.53. The lowest BCUT2D eigenvalue weighted by Gasteiger charge is -2.25. The molecule has 2 bridgehead atoms. The molecule has 2 aromatic rings. The van der Waals surface area contributed by atoms with Crippen LogP contribution in [0.25, 0.3) is 5.69 Å². The second-order valence-corrected chi connectivity index (χ2v) is 5.92. The van der Waals surface area contributed by atoms with E-state index in [9.17, 15) is 4.79 Å². The molecular weight excluding hydrogens is 328 g/mol.